The maximum absolute atomic E-state index is 5.22. The van der Waals surface area contributed by atoms with Crippen LogP contribution in [0.2, 0.25) is 0 Å². The molecule has 1 aliphatic carbocycles. The lowest BCUT2D eigenvalue weighted by molar-refractivity contribution is 0.769. The average Bonchev–Trinajstić information content (AvgIpc) is 3.76. The summed E-state index contributed by atoms with van der Waals surface area (Å²) in [5.74, 6) is 1.89. The van der Waals surface area contributed by atoms with E-state index in [0.29, 0.717) is 17.5 Å². The molecule has 14 rings (SSSR count). The van der Waals surface area contributed by atoms with Crippen molar-refractivity contribution in [2.75, 3.05) is 0 Å². The van der Waals surface area contributed by atoms with E-state index in [1.165, 1.54) is 82.4 Å². The van der Waals surface area contributed by atoms with Crippen molar-refractivity contribution < 1.29 is 0 Å². The van der Waals surface area contributed by atoms with E-state index in [1.54, 1.807) is 0 Å². The van der Waals surface area contributed by atoms with Gasteiger partial charge in [0.05, 0.1) is 5.41 Å². The zero-order valence-electron chi connectivity index (χ0n) is 38.7. The van der Waals surface area contributed by atoms with Crippen LogP contribution in [0.1, 0.15) is 22.3 Å². The van der Waals surface area contributed by atoms with Gasteiger partial charge >= 0.3 is 0 Å². The quantitative estimate of drug-likeness (QED) is 0.143. The first-order valence-corrected chi connectivity index (χ1v) is 24.3. The lowest BCUT2D eigenvalue weighted by Crippen LogP contribution is -2.28. The fourth-order valence-corrected chi connectivity index (χ4v) is 11.6. The highest BCUT2D eigenvalue weighted by atomic mass is 15.0. The van der Waals surface area contributed by atoms with Crippen molar-refractivity contribution in [2.24, 2.45) is 0 Å². The van der Waals surface area contributed by atoms with Gasteiger partial charge in [-0.3, -0.25) is 0 Å². The standard InChI is InChI=1S/C68H43N3/c1-5-17-44(18-6-1)54-27-13-14-28-58(54)67-70-65(49-19-7-2-8-20-49)69-66(71-67)50-35-31-45(32-36-50)56-29-16-30-60-64(56)59-42-39-51(43-61(59)68(60,52-23-9-3-10-24-52)53-25-11-4-12-26-53)55-40-37-48-34-33-46-21-15-22-47-38-41-57(55)63(48)62(46)47/h1-43H. The van der Waals surface area contributed by atoms with Gasteiger partial charge in [0.1, 0.15) is 0 Å². The van der Waals surface area contributed by atoms with Crippen LogP contribution < -0.4 is 0 Å². The van der Waals surface area contributed by atoms with Gasteiger partial charge in [0, 0.05) is 16.7 Å². The predicted molar refractivity (Wildman–Crippen MR) is 293 cm³/mol. The number of aromatic nitrogens is 3. The minimum absolute atomic E-state index is 0.589. The van der Waals surface area contributed by atoms with Crippen molar-refractivity contribution in [3.63, 3.8) is 0 Å². The maximum Gasteiger partial charge on any atom is 0.164 e. The Hall–Kier alpha value is -9.31. The van der Waals surface area contributed by atoms with Gasteiger partial charge in [-0.1, -0.05) is 255 Å². The molecular formula is C68H43N3. The molecular weight excluding hydrogens is 859 g/mol. The van der Waals surface area contributed by atoms with Gasteiger partial charge in [-0.25, -0.2) is 15.0 Å². The molecule has 1 aromatic heterocycles. The Kier molecular flexibility index (Phi) is 9.43. The minimum atomic E-state index is -0.589. The number of rotatable bonds is 8. The third-order valence-electron chi connectivity index (χ3n) is 14.8. The third-order valence-corrected chi connectivity index (χ3v) is 14.8. The van der Waals surface area contributed by atoms with Crippen LogP contribution in [0.4, 0.5) is 0 Å². The molecule has 0 spiro atoms. The highest BCUT2D eigenvalue weighted by Crippen LogP contribution is 2.59. The fraction of sp³-hybridized carbons (Fsp3) is 0.0147. The summed E-state index contributed by atoms with van der Waals surface area (Å²) in [6.07, 6.45) is 0. The smallest absolute Gasteiger partial charge is 0.164 e. The molecule has 0 radical (unpaired) electrons. The van der Waals surface area contributed by atoms with Crippen LogP contribution in [0.15, 0.2) is 261 Å². The van der Waals surface area contributed by atoms with E-state index >= 15 is 0 Å². The molecule has 13 aromatic rings. The molecule has 0 amide bonds. The van der Waals surface area contributed by atoms with E-state index in [-0.39, 0.29) is 0 Å². The van der Waals surface area contributed by atoms with E-state index in [1.807, 2.05) is 24.3 Å². The molecule has 0 fully saturated rings. The van der Waals surface area contributed by atoms with Gasteiger partial charge in [-0.05, 0) is 105 Å². The van der Waals surface area contributed by atoms with E-state index in [4.69, 9.17) is 15.0 Å². The van der Waals surface area contributed by atoms with Crippen molar-refractivity contribution >= 4 is 32.3 Å². The second-order valence-corrected chi connectivity index (χ2v) is 18.6. The summed E-state index contributed by atoms with van der Waals surface area (Å²) < 4.78 is 0. The van der Waals surface area contributed by atoms with E-state index in [2.05, 4.69) is 237 Å². The zero-order valence-corrected chi connectivity index (χ0v) is 38.7. The summed E-state index contributed by atoms with van der Waals surface area (Å²) in [7, 11) is 0. The third kappa shape index (κ3) is 6.47. The van der Waals surface area contributed by atoms with Crippen molar-refractivity contribution in [2.45, 2.75) is 5.41 Å². The van der Waals surface area contributed by atoms with Crippen LogP contribution in [0.5, 0.6) is 0 Å². The summed E-state index contributed by atoms with van der Waals surface area (Å²) in [5, 5.41) is 7.74. The second-order valence-electron chi connectivity index (χ2n) is 18.6. The van der Waals surface area contributed by atoms with Crippen LogP contribution in [0, 0.1) is 0 Å². The number of benzene rings is 12. The van der Waals surface area contributed by atoms with Gasteiger partial charge in [-0.2, -0.15) is 0 Å². The van der Waals surface area contributed by atoms with Crippen LogP contribution in [0.25, 0.3) is 111 Å². The molecule has 0 atom stereocenters. The van der Waals surface area contributed by atoms with Gasteiger partial charge in [0.25, 0.3) is 0 Å². The fourth-order valence-electron chi connectivity index (χ4n) is 11.6. The Morgan fingerprint density at radius 2 is 0.718 bits per heavy atom. The van der Waals surface area contributed by atoms with Gasteiger partial charge in [-0.15, -0.1) is 0 Å². The Labute approximate surface area is 412 Å². The van der Waals surface area contributed by atoms with Gasteiger partial charge in [0.2, 0.25) is 0 Å². The first-order valence-electron chi connectivity index (χ1n) is 24.3. The molecule has 330 valence electrons. The van der Waals surface area contributed by atoms with Crippen molar-refractivity contribution in [3.05, 3.63) is 283 Å². The highest BCUT2D eigenvalue weighted by Gasteiger charge is 2.47. The van der Waals surface area contributed by atoms with E-state index < -0.39 is 5.41 Å². The Morgan fingerprint density at radius 1 is 0.254 bits per heavy atom. The minimum Gasteiger partial charge on any atom is -0.208 e. The van der Waals surface area contributed by atoms with Crippen molar-refractivity contribution in [1.82, 2.24) is 15.0 Å². The molecule has 0 saturated heterocycles. The largest absolute Gasteiger partial charge is 0.208 e. The Morgan fingerprint density at radius 3 is 1.39 bits per heavy atom. The van der Waals surface area contributed by atoms with E-state index in [9.17, 15) is 0 Å². The number of fused-ring (bicyclic) bond motifs is 3. The van der Waals surface area contributed by atoms with Crippen LogP contribution in [-0.4, -0.2) is 15.0 Å². The molecule has 1 aliphatic rings. The second kappa shape index (κ2) is 16.4. The van der Waals surface area contributed by atoms with Crippen LogP contribution in [-0.2, 0) is 5.41 Å². The van der Waals surface area contributed by atoms with Crippen molar-refractivity contribution in [3.8, 4) is 78.7 Å². The van der Waals surface area contributed by atoms with Crippen LogP contribution >= 0.6 is 0 Å². The molecule has 12 aromatic carbocycles. The molecule has 3 heteroatoms. The van der Waals surface area contributed by atoms with E-state index in [0.717, 1.165) is 33.4 Å². The SMILES string of the molecule is c1ccc(-c2nc(-c3ccc(-c4cccc5c4-c4ccc(-c6ccc7ccc8cccc9ccc6c7c89)cc4C5(c4ccccc4)c4ccccc4)cc3)nc(-c3ccccc3-c3ccccc3)n2)cc1. The molecule has 1 heterocycles. The lowest BCUT2D eigenvalue weighted by Gasteiger charge is -2.34. The molecule has 0 bridgehead atoms. The molecule has 0 saturated carbocycles. The molecule has 0 unspecified atom stereocenters. The normalized spacial score (nSPS) is 12.6. The average molecular weight is 902 g/mol. The molecule has 0 aliphatic heterocycles. The summed E-state index contributed by atoms with van der Waals surface area (Å²) in [6, 6.07) is 94.5. The summed E-state index contributed by atoms with van der Waals surface area (Å²) >= 11 is 0. The lowest BCUT2D eigenvalue weighted by atomic mass is 9.67. The first kappa shape index (κ1) is 40.7. The summed E-state index contributed by atoms with van der Waals surface area (Å²) in [6.45, 7) is 0. The molecule has 71 heavy (non-hydrogen) atoms. The highest BCUT2D eigenvalue weighted by molar-refractivity contribution is 6.25. The Bertz CT molecular complexity index is 4070. The van der Waals surface area contributed by atoms with Gasteiger partial charge < -0.3 is 0 Å². The zero-order chi connectivity index (χ0) is 46.9. The van der Waals surface area contributed by atoms with Gasteiger partial charge in [0.15, 0.2) is 17.5 Å². The first-order chi connectivity index (χ1) is 35.2. The summed E-state index contributed by atoms with van der Waals surface area (Å²) in [4.78, 5) is 15.5. The topological polar surface area (TPSA) is 38.7 Å². The number of nitrogens with zero attached hydrogens (tertiary/aromatic N) is 3. The molecule has 3 nitrogen and oxygen atoms in total. The maximum atomic E-state index is 5.22. The predicted octanol–water partition coefficient (Wildman–Crippen LogP) is 17.1. The number of hydrogen-bond acceptors (Lipinski definition) is 3. The van der Waals surface area contributed by atoms with Crippen molar-refractivity contribution in [1.29, 1.82) is 0 Å². The molecule has 0 N–H and O–H groups in total. The number of hydrogen-bond donors (Lipinski definition) is 0. The Balaban J connectivity index is 0.946. The summed E-state index contributed by atoms with van der Waals surface area (Å²) in [5.41, 5.74) is 16.6. The van der Waals surface area contributed by atoms with Crippen LogP contribution in [0.3, 0.4) is 0 Å². The monoisotopic (exact) mass is 901 g/mol.